The monoisotopic (exact) mass is 459 g/mol. The largest absolute Gasteiger partial charge is 0.469 e. The molecule has 2 aliphatic heterocycles. The minimum absolute atomic E-state index is 0.120. The minimum Gasteiger partial charge on any atom is -0.469 e. The standard InChI is InChI=1S/C27H29N3O4/c1-33-26(32)24-17-25(31)30(34-19-21-6-7-22-4-2-3-5-23(22)16-21)27(24)10-14-29(15-11-27)18-20-8-12-28-13-9-20/h2-9,12-13,16,24H,10-11,14-15,17-19H2,1H3. The van der Waals surface area contributed by atoms with Gasteiger partial charge in [-0.05, 0) is 52.9 Å². The SMILES string of the molecule is COC(=O)C1CC(=O)N(OCc2ccc3ccccc3c2)C12CCN(Cc1ccncc1)CC2. The zero-order valence-corrected chi connectivity index (χ0v) is 19.4. The number of carbonyl (C=O) groups excluding carboxylic acids is 2. The molecule has 2 aromatic carbocycles. The van der Waals surface area contributed by atoms with Gasteiger partial charge < -0.3 is 4.74 Å². The van der Waals surface area contributed by atoms with Crippen LogP contribution in [0.5, 0.6) is 0 Å². The first-order valence-electron chi connectivity index (χ1n) is 11.7. The molecule has 34 heavy (non-hydrogen) atoms. The van der Waals surface area contributed by atoms with Crippen LogP contribution < -0.4 is 0 Å². The summed E-state index contributed by atoms with van der Waals surface area (Å²) in [4.78, 5) is 38.4. The van der Waals surface area contributed by atoms with E-state index >= 15 is 0 Å². The summed E-state index contributed by atoms with van der Waals surface area (Å²) in [6.45, 7) is 2.61. The van der Waals surface area contributed by atoms with Crippen LogP contribution in [0.2, 0.25) is 0 Å². The van der Waals surface area contributed by atoms with Crippen molar-refractivity contribution in [1.82, 2.24) is 14.9 Å². The van der Waals surface area contributed by atoms with E-state index in [-0.39, 0.29) is 24.9 Å². The fourth-order valence-corrected chi connectivity index (χ4v) is 5.35. The molecule has 5 rings (SSSR count). The van der Waals surface area contributed by atoms with Crippen molar-refractivity contribution >= 4 is 22.6 Å². The lowest BCUT2D eigenvalue weighted by atomic mass is 9.77. The summed E-state index contributed by atoms with van der Waals surface area (Å²) in [6, 6.07) is 18.3. The molecule has 3 heterocycles. The Balaban J connectivity index is 1.33. The fraction of sp³-hybridized carbons (Fsp3) is 0.370. The van der Waals surface area contributed by atoms with Crippen LogP contribution in [0.1, 0.15) is 30.4 Å². The Morgan fingerprint density at radius 2 is 1.76 bits per heavy atom. The lowest BCUT2D eigenvalue weighted by molar-refractivity contribution is -0.229. The molecular formula is C27H29N3O4. The number of hydroxylamine groups is 2. The molecule has 1 atom stereocenters. The van der Waals surface area contributed by atoms with Crippen molar-refractivity contribution in [2.75, 3.05) is 20.2 Å². The number of pyridine rings is 1. The second-order valence-electron chi connectivity index (χ2n) is 9.16. The number of benzene rings is 2. The number of fused-ring (bicyclic) bond motifs is 1. The number of rotatable bonds is 6. The summed E-state index contributed by atoms with van der Waals surface area (Å²) in [6.07, 6.45) is 5.02. The third kappa shape index (κ3) is 4.29. The first-order chi connectivity index (χ1) is 16.6. The van der Waals surface area contributed by atoms with E-state index in [1.807, 2.05) is 30.3 Å². The molecule has 3 aromatic rings. The minimum atomic E-state index is -0.685. The Bertz CT molecular complexity index is 1170. The molecule has 7 nitrogen and oxygen atoms in total. The Hall–Kier alpha value is -3.29. The molecule has 0 radical (unpaired) electrons. The highest BCUT2D eigenvalue weighted by molar-refractivity contribution is 5.88. The summed E-state index contributed by atoms with van der Waals surface area (Å²) < 4.78 is 5.10. The van der Waals surface area contributed by atoms with Crippen LogP contribution in [0.3, 0.4) is 0 Å². The van der Waals surface area contributed by atoms with Crippen LogP contribution in [-0.2, 0) is 32.3 Å². The maximum Gasteiger partial charge on any atom is 0.311 e. The smallest absolute Gasteiger partial charge is 0.311 e. The van der Waals surface area contributed by atoms with E-state index in [1.54, 1.807) is 12.4 Å². The van der Waals surface area contributed by atoms with Crippen LogP contribution in [0.25, 0.3) is 10.8 Å². The molecule has 1 unspecified atom stereocenters. The number of esters is 1. The Morgan fingerprint density at radius 1 is 1.03 bits per heavy atom. The van der Waals surface area contributed by atoms with E-state index in [1.165, 1.54) is 17.7 Å². The molecule has 7 heteroatoms. The van der Waals surface area contributed by atoms with Gasteiger partial charge in [0.25, 0.3) is 0 Å². The zero-order valence-electron chi connectivity index (χ0n) is 19.4. The summed E-state index contributed by atoms with van der Waals surface area (Å²) >= 11 is 0. The molecule has 1 spiro atoms. The van der Waals surface area contributed by atoms with Crippen molar-refractivity contribution in [1.29, 1.82) is 0 Å². The predicted molar refractivity (Wildman–Crippen MR) is 127 cm³/mol. The molecule has 2 aliphatic rings. The van der Waals surface area contributed by atoms with Crippen LogP contribution in [0.15, 0.2) is 67.0 Å². The zero-order chi connectivity index (χ0) is 23.5. The molecule has 0 aliphatic carbocycles. The lowest BCUT2D eigenvalue weighted by Crippen LogP contribution is -2.57. The summed E-state index contributed by atoms with van der Waals surface area (Å²) in [5.74, 6) is -1.02. The number of amides is 1. The lowest BCUT2D eigenvalue weighted by Gasteiger charge is -2.45. The summed E-state index contributed by atoms with van der Waals surface area (Å²) in [5.41, 5.74) is 1.50. The van der Waals surface area contributed by atoms with Gasteiger partial charge in [0, 0.05) is 38.4 Å². The van der Waals surface area contributed by atoms with Gasteiger partial charge in [-0.2, -0.15) is 0 Å². The highest BCUT2D eigenvalue weighted by atomic mass is 16.7. The van der Waals surface area contributed by atoms with E-state index < -0.39 is 11.5 Å². The van der Waals surface area contributed by atoms with Crippen molar-refractivity contribution in [2.45, 2.75) is 38.0 Å². The molecule has 2 fully saturated rings. The van der Waals surface area contributed by atoms with E-state index in [9.17, 15) is 9.59 Å². The molecule has 0 saturated carbocycles. The summed E-state index contributed by atoms with van der Waals surface area (Å²) in [7, 11) is 1.39. The molecular weight excluding hydrogens is 430 g/mol. The number of hydrogen-bond donors (Lipinski definition) is 0. The van der Waals surface area contributed by atoms with E-state index in [4.69, 9.17) is 9.57 Å². The number of likely N-dealkylation sites (tertiary alicyclic amines) is 1. The average Bonchev–Trinajstić information content (AvgIpc) is 3.14. The highest BCUT2D eigenvalue weighted by Crippen LogP contribution is 2.45. The maximum absolute atomic E-state index is 13.1. The first-order valence-corrected chi connectivity index (χ1v) is 11.7. The number of ether oxygens (including phenoxy) is 1. The molecule has 0 N–H and O–H groups in total. The van der Waals surface area contributed by atoms with Gasteiger partial charge >= 0.3 is 5.97 Å². The van der Waals surface area contributed by atoms with E-state index in [2.05, 4.69) is 34.1 Å². The summed E-state index contributed by atoms with van der Waals surface area (Å²) in [5, 5.41) is 3.79. The normalized spacial score (nSPS) is 20.2. The number of nitrogens with zero attached hydrogens (tertiary/aromatic N) is 3. The number of methoxy groups -OCH3 is 1. The number of aromatic nitrogens is 1. The highest BCUT2D eigenvalue weighted by Gasteiger charge is 2.58. The number of piperidine rings is 1. The predicted octanol–water partition coefficient (Wildman–Crippen LogP) is 3.72. The van der Waals surface area contributed by atoms with Crippen LogP contribution in [-0.4, -0.2) is 52.6 Å². The topological polar surface area (TPSA) is 72.0 Å². The van der Waals surface area contributed by atoms with E-state index in [0.29, 0.717) is 12.8 Å². The third-order valence-corrected chi connectivity index (χ3v) is 7.20. The third-order valence-electron chi connectivity index (χ3n) is 7.20. The van der Waals surface area contributed by atoms with Crippen LogP contribution >= 0.6 is 0 Å². The molecule has 176 valence electrons. The Labute approximate surface area is 199 Å². The van der Waals surface area contributed by atoms with Gasteiger partial charge in [-0.25, -0.2) is 5.06 Å². The second kappa shape index (κ2) is 9.52. The van der Waals surface area contributed by atoms with Crippen LogP contribution in [0.4, 0.5) is 0 Å². The Kier molecular flexibility index (Phi) is 6.30. The fourth-order valence-electron chi connectivity index (χ4n) is 5.35. The van der Waals surface area contributed by atoms with Crippen molar-refractivity contribution in [2.24, 2.45) is 5.92 Å². The molecule has 1 aromatic heterocycles. The van der Waals surface area contributed by atoms with Crippen molar-refractivity contribution in [3.8, 4) is 0 Å². The average molecular weight is 460 g/mol. The van der Waals surface area contributed by atoms with Crippen molar-refractivity contribution < 1.29 is 19.2 Å². The van der Waals surface area contributed by atoms with Crippen molar-refractivity contribution in [3.63, 3.8) is 0 Å². The van der Waals surface area contributed by atoms with E-state index in [0.717, 1.165) is 36.0 Å². The van der Waals surface area contributed by atoms with Crippen molar-refractivity contribution in [3.05, 3.63) is 78.1 Å². The first kappa shape index (κ1) is 22.5. The van der Waals surface area contributed by atoms with Gasteiger partial charge in [0.05, 0.1) is 18.6 Å². The van der Waals surface area contributed by atoms with Gasteiger partial charge in [0.15, 0.2) is 0 Å². The van der Waals surface area contributed by atoms with Gasteiger partial charge in [-0.3, -0.25) is 24.3 Å². The van der Waals surface area contributed by atoms with Gasteiger partial charge in [-0.15, -0.1) is 0 Å². The number of hydrogen-bond acceptors (Lipinski definition) is 6. The molecule has 0 bridgehead atoms. The van der Waals surface area contributed by atoms with Gasteiger partial charge in [0.2, 0.25) is 5.91 Å². The maximum atomic E-state index is 13.1. The Morgan fingerprint density at radius 3 is 2.50 bits per heavy atom. The van der Waals surface area contributed by atoms with Gasteiger partial charge in [-0.1, -0.05) is 36.4 Å². The second-order valence-corrected chi connectivity index (χ2v) is 9.16. The number of carbonyl (C=O) groups is 2. The van der Waals surface area contributed by atoms with Crippen LogP contribution in [0, 0.1) is 5.92 Å². The quantitative estimate of drug-likeness (QED) is 0.523. The van der Waals surface area contributed by atoms with Gasteiger partial charge in [0.1, 0.15) is 6.61 Å². The molecule has 1 amide bonds. The molecule has 2 saturated heterocycles.